The van der Waals surface area contributed by atoms with Crippen molar-refractivity contribution in [3.63, 3.8) is 0 Å². The van der Waals surface area contributed by atoms with Gasteiger partial charge in [0.2, 0.25) is 0 Å². The van der Waals surface area contributed by atoms with Gasteiger partial charge in [0.15, 0.2) is 6.61 Å². The molecule has 1 amide bonds. The zero-order chi connectivity index (χ0) is 15.1. The third kappa shape index (κ3) is 4.26. The summed E-state index contributed by atoms with van der Waals surface area (Å²) >= 11 is 1.60. The topological polar surface area (TPSA) is 38.3 Å². The van der Waals surface area contributed by atoms with Crippen LogP contribution in [-0.4, -0.2) is 18.8 Å². The van der Waals surface area contributed by atoms with Crippen molar-refractivity contribution in [2.75, 3.05) is 18.2 Å². The van der Waals surface area contributed by atoms with Crippen LogP contribution in [0.3, 0.4) is 0 Å². The van der Waals surface area contributed by atoms with Gasteiger partial charge in [-0.3, -0.25) is 4.79 Å². The highest BCUT2D eigenvalue weighted by molar-refractivity contribution is 7.98. The molecular weight excluding hydrogens is 282 g/mol. The van der Waals surface area contributed by atoms with Crippen LogP contribution in [-0.2, 0) is 11.2 Å². The number of amides is 1. The summed E-state index contributed by atoms with van der Waals surface area (Å²) in [6, 6.07) is 15.5. The second-order valence-corrected chi connectivity index (χ2v) is 5.35. The number of hydrogen-bond acceptors (Lipinski definition) is 3. The molecule has 1 N–H and O–H groups in total. The number of anilines is 1. The van der Waals surface area contributed by atoms with E-state index in [1.807, 2.05) is 54.8 Å². The van der Waals surface area contributed by atoms with Gasteiger partial charge < -0.3 is 10.1 Å². The Morgan fingerprint density at radius 2 is 1.86 bits per heavy atom. The van der Waals surface area contributed by atoms with Crippen LogP contribution < -0.4 is 10.1 Å². The van der Waals surface area contributed by atoms with Crippen molar-refractivity contribution < 1.29 is 9.53 Å². The van der Waals surface area contributed by atoms with E-state index < -0.39 is 0 Å². The number of hydrogen-bond donors (Lipinski definition) is 1. The molecule has 0 aromatic heterocycles. The lowest BCUT2D eigenvalue weighted by Crippen LogP contribution is -2.20. The molecule has 0 fully saturated rings. The summed E-state index contributed by atoms with van der Waals surface area (Å²) in [7, 11) is 0. The lowest BCUT2D eigenvalue weighted by molar-refractivity contribution is -0.118. The number of rotatable bonds is 6. The minimum absolute atomic E-state index is 0.0136. The summed E-state index contributed by atoms with van der Waals surface area (Å²) in [4.78, 5) is 13.0. The van der Waals surface area contributed by atoms with Gasteiger partial charge in [0, 0.05) is 4.90 Å². The highest BCUT2D eigenvalue weighted by atomic mass is 32.2. The quantitative estimate of drug-likeness (QED) is 0.820. The molecule has 2 aromatic rings. The largest absolute Gasteiger partial charge is 0.483 e. The predicted octanol–water partition coefficient (Wildman–Crippen LogP) is 3.99. The van der Waals surface area contributed by atoms with Crippen LogP contribution in [0, 0.1) is 0 Å². The predicted molar refractivity (Wildman–Crippen MR) is 88.2 cm³/mol. The molecule has 0 unspecified atom stereocenters. The average Bonchev–Trinajstić information content (AvgIpc) is 2.53. The maximum atomic E-state index is 12.0. The third-order valence-corrected chi connectivity index (χ3v) is 3.89. The molecular formula is C17H19NO2S. The van der Waals surface area contributed by atoms with E-state index in [1.165, 1.54) is 0 Å². The number of carbonyl (C=O) groups excluding carboxylic acids is 1. The van der Waals surface area contributed by atoms with E-state index in [0.717, 1.165) is 28.3 Å². The zero-order valence-corrected chi connectivity index (χ0v) is 13.1. The molecule has 3 nitrogen and oxygen atoms in total. The lowest BCUT2D eigenvalue weighted by atomic mass is 10.1. The van der Waals surface area contributed by atoms with Gasteiger partial charge >= 0.3 is 0 Å². The summed E-state index contributed by atoms with van der Waals surface area (Å²) in [6.45, 7) is 2.08. The van der Waals surface area contributed by atoms with Crippen LogP contribution in [0.25, 0.3) is 0 Å². The van der Waals surface area contributed by atoms with Crippen molar-refractivity contribution in [3.8, 4) is 5.75 Å². The molecule has 0 atom stereocenters. The number of carbonyl (C=O) groups is 1. The summed E-state index contributed by atoms with van der Waals surface area (Å²) in [6.07, 6.45) is 2.87. The standard InChI is InChI=1S/C17H19NO2S/c1-3-13-8-4-6-10-15(13)20-12-17(19)18-14-9-5-7-11-16(14)21-2/h4-11H,3,12H2,1-2H3,(H,18,19). The fraction of sp³-hybridized carbons (Fsp3) is 0.235. The van der Waals surface area contributed by atoms with E-state index in [0.29, 0.717) is 0 Å². The maximum Gasteiger partial charge on any atom is 0.262 e. The first-order valence-electron chi connectivity index (χ1n) is 6.88. The van der Waals surface area contributed by atoms with E-state index in [2.05, 4.69) is 12.2 Å². The first kappa shape index (κ1) is 15.4. The van der Waals surface area contributed by atoms with Crippen LogP contribution in [0.15, 0.2) is 53.4 Å². The Balaban J connectivity index is 1.96. The average molecular weight is 301 g/mol. The number of para-hydroxylation sites is 2. The molecule has 0 aliphatic rings. The van der Waals surface area contributed by atoms with E-state index in [-0.39, 0.29) is 12.5 Å². The van der Waals surface area contributed by atoms with E-state index in [4.69, 9.17) is 4.74 Å². The Morgan fingerprint density at radius 3 is 2.62 bits per heavy atom. The molecule has 2 rings (SSSR count). The van der Waals surface area contributed by atoms with Crippen molar-refractivity contribution in [1.29, 1.82) is 0 Å². The Hall–Kier alpha value is -1.94. The maximum absolute atomic E-state index is 12.0. The normalized spacial score (nSPS) is 10.2. The summed E-state index contributed by atoms with van der Waals surface area (Å²) < 4.78 is 5.62. The zero-order valence-electron chi connectivity index (χ0n) is 12.3. The molecule has 4 heteroatoms. The van der Waals surface area contributed by atoms with Crippen molar-refractivity contribution in [3.05, 3.63) is 54.1 Å². The van der Waals surface area contributed by atoms with Crippen LogP contribution in [0.4, 0.5) is 5.69 Å². The van der Waals surface area contributed by atoms with Gasteiger partial charge in [-0.15, -0.1) is 11.8 Å². The van der Waals surface area contributed by atoms with E-state index in [1.54, 1.807) is 11.8 Å². The smallest absolute Gasteiger partial charge is 0.262 e. The number of thioether (sulfide) groups is 1. The van der Waals surface area contributed by atoms with E-state index >= 15 is 0 Å². The van der Waals surface area contributed by atoms with Crippen LogP contribution in [0.1, 0.15) is 12.5 Å². The summed E-state index contributed by atoms with van der Waals surface area (Å²) in [5.74, 6) is 0.621. The molecule has 0 heterocycles. The number of nitrogens with one attached hydrogen (secondary N) is 1. The molecule has 0 saturated carbocycles. The molecule has 0 aliphatic heterocycles. The minimum atomic E-state index is -0.151. The van der Waals surface area contributed by atoms with Crippen molar-refractivity contribution in [2.24, 2.45) is 0 Å². The van der Waals surface area contributed by atoms with Crippen molar-refractivity contribution in [2.45, 2.75) is 18.2 Å². The molecule has 0 radical (unpaired) electrons. The Labute approximate surface area is 129 Å². The second-order valence-electron chi connectivity index (χ2n) is 4.50. The van der Waals surface area contributed by atoms with Gasteiger partial charge in [-0.05, 0) is 36.4 Å². The minimum Gasteiger partial charge on any atom is -0.483 e. The van der Waals surface area contributed by atoms with Crippen molar-refractivity contribution >= 4 is 23.4 Å². The Bertz CT molecular complexity index is 613. The molecule has 110 valence electrons. The van der Waals surface area contributed by atoms with Crippen LogP contribution >= 0.6 is 11.8 Å². The SMILES string of the molecule is CCc1ccccc1OCC(=O)Nc1ccccc1SC. The third-order valence-electron chi connectivity index (χ3n) is 3.09. The van der Waals surface area contributed by atoms with Gasteiger partial charge in [0.05, 0.1) is 5.69 Å². The van der Waals surface area contributed by atoms with Crippen molar-refractivity contribution in [1.82, 2.24) is 0 Å². The molecule has 0 saturated heterocycles. The molecule has 0 aliphatic carbocycles. The second kappa shape index (κ2) is 7.74. The van der Waals surface area contributed by atoms with E-state index in [9.17, 15) is 4.79 Å². The van der Waals surface area contributed by atoms with Gasteiger partial charge in [0.25, 0.3) is 5.91 Å². The highest BCUT2D eigenvalue weighted by Gasteiger charge is 2.08. The number of ether oxygens (including phenoxy) is 1. The molecule has 0 bridgehead atoms. The fourth-order valence-electron chi connectivity index (χ4n) is 2.01. The van der Waals surface area contributed by atoms with Crippen LogP contribution in [0.5, 0.6) is 5.75 Å². The van der Waals surface area contributed by atoms with Gasteiger partial charge in [0.1, 0.15) is 5.75 Å². The van der Waals surface area contributed by atoms with Crippen LogP contribution in [0.2, 0.25) is 0 Å². The first-order chi connectivity index (χ1) is 10.2. The number of aryl methyl sites for hydroxylation is 1. The molecule has 21 heavy (non-hydrogen) atoms. The summed E-state index contributed by atoms with van der Waals surface area (Å²) in [5, 5.41) is 2.88. The van der Waals surface area contributed by atoms with Gasteiger partial charge in [-0.2, -0.15) is 0 Å². The monoisotopic (exact) mass is 301 g/mol. The fourth-order valence-corrected chi connectivity index (χ4v) is 2.57. The highest BCUT2D eigenvalue weighted by Crippen LogP contribution is 2.24. The Kier molecular flexibility index (Phi) is 5.69. The molecule has 2 aromatic carbocycles. The van der Waals surface area contributed by atoms with Gasteiger partial charge in [-0.1, -0.05) is 37.3 Å². The Morgan fingerprint density at radius 1 is 1.14 bits per heavy atom. The molecule has 0 spiro atoms. The first-order valence-corrected chi connectivity index (χ1v) is 8.10. The lowest BCUT2D eigenvalue weighted by Gasteiger charge is -2.12. The number of benzene rings is 2. The summed E-state index contributed by atoms with van der Waals surface area (Å²) in [5.41, 5.74) is 1.93. The van der Waals surface area contributed by atoms with Gasteiger partial charge in [-0.25, -0.2) is 0 Å².